The number of allylic oxidation sites excluding steroid dienone is 1. The molecule has 0 saturated heterocycles. The Balaban J connectivity index is 2.99. The van der Waals surface area contributed by atoms with Gasteiger partial charge in [-0.2, -0.15) is 5.26 Å². The Labute approximate surface area is 93.3 Å². The van der Waals surface area contributed by atoms with Gasteiger partial charge in [0.05, 0.1) is 4.88 Å². The highest BCUT2D eigenvalue weighted by Crippen LogP contribution is 2.17. The van der Waals surface area contributed by atoms with Crippen LogP contribution in [0.2, 0.25) is 0 Å². The van der Waals surface area contributed by atoms with Gasteiger partial charge in [-0.15, -0.1) is 11.3 Å². The highest BCUT2D eigenvalue weighted by Gasteiger charge is 2.13. The number of rotatable bonds is 3. The molecule has 1 rings (SSSR count). The maximum Gasteiger partial charge on any atom is 0.214 e. The molecule has 0 aliphatic carbocycles. The van der Waals surface area contributed by atoms with Crippen molar-refractivity contribution in [3.05, 3.63) is 33.7 Å². The Kier molecular flexibility index (Phi) is 3.64. The third-order valence-corrected chi connectivity index (χ3v) is 2.75. The number of aryl methyl sites for hydroxylation is 1. The number of hydrogen-bond donors (Lipinski definition) is 0. The molecule has 1 heterocycles. The van der Waals surface area contributed by atoms with Crippen LogP contribution in [0, 0.1) is 18.3 Å². The van der Waals surface area contributed by atoms with E-state index in [1.807, 2.05) is 18.4 Å². The average molecular weight is 220 g/mol. The standard InChI is InChI=1S/C11H12N2OS/c1-8-4-10(15-7-8)11(14)9(5-12)6-13(2)3/h4,6-7H,1-3H3/b9-6-. The van der Waals surface area contributed by atoms with E-state index >= 15 is 0 Å². The van der Waals surface area contributed by atoms with E-state index in [0.29, 0.717) is 4.88 Å². The average Bonchev–Trinajstić information content (AvgIpc) is 2.60. The molecule has 78 valence electrons. The van der Waals surface area contributed by atoms with Crippen molar-refractivity contribution < 1.29 is 4.79 Å². The predicted octanol–water partition coefficient (Wildman–Crippen LogP) is 2.21. The first kappa shape index (κ1) is 11.5. The van der Waals surface area contributed by atoms with Crippen molar-refractivity contribution in [2.75, 3.05) is 14.1 Å². The highest BCUT2D eigenvalue weighted by atomic mass is 32.1. The summed E-state index contributed by atoms with van der Waals surface area (Å²) in [7, 11) is 3.56. The number of thiophene rings is 1. The molecule has 0 N–H and O–H groups in total. The van der Waals surface area contributed by atoms with E-state index in [1.165, 1.54) is 17.5 Å². The zero-order valence-electron chi connectivity index (χ0n) is 8.94. The number of Topliss-reactive ketones (excluding diaryl/α,β-unsaturated/α-hetero) is 1. The van der Waals surface area contributed by atoms with E-state index in [4.69, 9.17) is 5.26 Å². The zero-order chi connectivity index (χ0) is 11.4. The van der Waals surface area contributed by atoms with Gasteiger partial charge >= 0.3 is 0 Å². The van der Waals surface area contributed by atoms with Crippen molar-refractivity contribution in [2.45, 2.75) is 6.92 Å². The first-order chi connectivity index (χ1) is 7.04. The molecule has 0 amide bonds. The Morgan fingerprint density at radius 3 is 2.67 bits per heavy atom. The van der Waals surface area contributed by atoms with Crippen molar-refractivity contribution >= 4 is 17.1 Å². The minimum Gasteiger partial charge on any atom is -0.382 e. The van der Waals surface area contributed by atoms with Gasteiger partial charge in [-0.3, -0.25) is 4.79 Å². The summed E-state index contributed by atoms with van der Waals surface area (Å²) in [5, 5.41) is 10.8. The second kappa shape index (κ2) is 4.76. The number of carbonyl (C=O) groups is 1. The van der Waals surface area contributed by atoms with Gasteiger partial charge in [0.25, 0.3) is 0 Å². The molecule has 0 aliphatic heterocycles. The van der Waals surface area contributed by atoms with E-state index in [0.717, 1.165) is 5.56 Å². The number of nitriles is 1. The molecule has 0 aliphatic rings. The fraction of sp³-hybridized carbons (Fsp3) is 0.273. The number of ketones is 1. The van der Waals surface area contributed by atoms with Gasteiger partial charge in [-0.25, -0.2) is 0 Å². The summed E-state index contributed by atoms with van der Waals surface area (Å²) in [6.07, 6.45) is 1.54. The van der Waals surface area contributed by atoms with Gasteiger partial charge in [-0.1, -0.05) is 0 Å². The lowest BCUT2D eigenvalue weighted by Crippen LogP contribution is -2.07. The second-order valence-corrected chi connectivity index (χ2v) is 4.35. The molecule has 0 fully saturated rings. The fourth-order valence-electron chi connectivity index (χ4n) is 1.08. The normalized spacial score (nSPS) is 10.9. The first-order valence-corrected chi connectivity index (χ1v) is 5.30. The molecular weight excluding hydrogens is 208 g/mol. The largest absolute Gasteiger partial charge is 0.382 e. The topological polar surface area (TPSA) is 44.1 Å². The molecule has 0 radical (unpaired) electrons. The molecule has 3 nitrogen and oxygen atoms in total. The number of hydrogen-bond acceptors (Lipinski definition) is 4. The van der Waals surface area contributed by atoms with Gasteiger partial charge in [0.15, 0.2) is 0 Å². The van der Waals surface area contributed by atoms with Crippen LogP contribution < -0.4 is 0 Å². The summed E-state index contributed by atoms with van der Waals surface area (Å²) in [6, 6.07) is 3.72. The van der Waals surface area contributed by atoms with Crippen LogP contribution in [0.5, 0.6) is 0 Å². The Morgan fingerprint density at radius 2 is 2.27 bits per heavy atom. The molecule has 0 bridgehead atoms. The maximum absolute atomic E-state index is 11.8. The quantitative estimate of drug-likeness (QED) is 0.445. The first-order valence-electron chi connectivity index (χ1n) is 4.42. The van der Waals surface area contributed by atoms with Gasteiger partial charge in [0.1, 0.15) is 11.6 Å². The van der Waals surface area contributed by atoms with Crippen molar-refractivity contribution in [2.24, 2.45) is 0 Å². The molecule has 0 spiro atoms. The van der Waals surface area contributed by atoms with Crippen LogP contribution in [0.25, 0.3) is 0 Å². The SMILES string of the molecule is Cc1csc(C(=O)/C(C#N)=C\N(C)C)c1. The van der Waals surface area contributed by atoms with Crippen LogP contribution in [-0.2, 0) is 0 Å². The maximum atomic E-state index is 11.8. The molecule has 0 atom stereocenters. The minimum atomic E-state index is -0.204. The van der Waals surface area contributed by atoms with E-state index in [1.54, 1.807) is 25.1 Å². The van der Waals surface area contributed by atoms with Crippen LogP contribution in [0.4, 0.5) is 0 Å². The summed E-state index contributed by atoms with van der Waals surface area (Å²) in [5.41, 5.74) is 1.22. The second-order valence-electron chi connectivity index (χ2n) is 3.44. The molecule has 0 unspecified atom stereocenters. The summed E-state index contributed by atoms with van der Waals surface area (Å²) in [6.45, 7) is 1.93. The predicted molar refractivity (Wildman–Crippen MR) is 60.8 cm³/mol. The van der Waals surface area contributed by atoms with Crippen LogP contribution in [0.3, 0.4) is 0 Å². The van der Waals surface area contributed by atoms with E-state index in [-0.39, 0.29) is 11.4 Å². The summed E-state index contributed by atoms with van der Waals surface area (Å²) < 4.78 is 0. The Bertz CT molecular complexity index is 438. The summed E-state index contributed by atoms with van der Waals surface area (Å²) >= 11 is 1.37. The van der Waals surface area contributed by atoms with E-state index in [2.05, 4.69) is 0 Å². The molecule has 0 aromatic carbocycles. The van der Waals surface area contributed by atoms with E-state index < -0.39 is 0 Å². The van der Waals surface area contributed by atoms with Crippen molar-refractivity contribution in [3.8, 4) is 6.07 Å². The number of nitrogens with zero attached hydrogens (tertiary/aromatic N) is 2. The third-order valence-electron chi connectivity index (χ3n) is 1.71. The lowest BCUT2D eigenvalue weighted by Gasteiger charge is -2.04. The van der Waals surface area contributed by atoms with Crippen LogP contribution in [0.1, 0.15) is 15.2 Å². The van der Waals surface area contributed by atoms with E-state index in [9.17, 15) is 4.79 Å². The van der Waals surface area contributed by atoms with Crippen molar-refractivity contribution in [1.82, 2.24) is 4.90 Å². The molecule has 15 heavy (non-hydrogen) atoms. The van der Waals surface area contributed by atoms with Gasteiger partial charge < -0.3 is 4.90 Å². The monoisotopic (exact) mass is 220 g/mol. The highest BCUT2D eigenvalue weighted by molar-refractivity contribution is 7.12. The summed E-state index contributed by atoms with van der Waals surface area (Å²) in [4.78, 5) is 14.1. The molecule has 0 saturated carbocycles. The Hall–Kier alpha value is -1.60. The van der Waals surface area contributed by atoms with Crippen molar-refractivity contribution in [1.29, 1.82) is 5.26 Å². The summed E-state index contributed by atoms with van der Waals surface area (Å²) in [5.74, 6) is -0.204. The third kappa shape index (κ3) is 2.93. The molecular formula is C11H12N2OS. The van der Waals surface area contributed by atoms with Crippen LogP contribution >= 0.6 is 11.3 Å². The lowest BCUT2D eigenvalue weighted by atomic mass is 10.1. The molecule has 1 aromatic rings. The smallest absolute Gasteiger partial charge is 0.214 e. The van der Waals surface area contributed by atoms with Gasteiger partial charge in [-0.05, 0) is 23.9 Å². The lowest BCUT2D eigenvalue weighted by molar-refractivity contribution is 0.104. The Morgan fingerprint density at radius 1 is 1.60 bits per heavy atom. The van der Waals surface area contributed by atoms with Gasteiger partial charge in [0.2, 0.25) is 5.78 Å². The minimum absolute atomic E-state index is 0.168. The van der Waals surface area contributed by atoms with Crippen LogP contribution in [0.15, 0.2) is 23.2 Å². The van der Waals surface area contributed by atoms with Crippen molar-refractivity contribution in [3.63, 3.8) is 0 Å². The zero-order valence-corrected chi connectivity index (χ0v) is 9.76. The fourth-order valence-corrected chi connectivity index (χ4v) is 1.93. The van der Waals surface area contributed by atoms with Crippen LogP contribution in [-0.4, -0.2) is 24.8 Å². The molecule has 4 heteroatoms. The molecule has 1 aromatic heterocycles. The number of carbonyl (C=O) groups excluding carboxylic acids is 1. The van der Waals surface area contributed by atoms with Gasteiger partial charge in [0, 0.05) is 20.3 Å².